The largest absolute Gasteiger partial charge is 0.289 e. The summed E-state index contributed by atoms with van der Waals surface area (Å²) in [4.78, 5) is 10.8. The van der Waals surface area contributed by atoms with Gasteiger partial charge in [-0.3, -0.25) is 4.79 Å². The van der Waals surface area contributed by atoms with E-state index in [0.29, 0.717) is 5.56 Å². The van der Waals surface area contributed by atoms with Crippen molar-refractivity contribution in [1.29, 1.82) is 0 Å². The van der Waals surface area contributed by atoms with E-state index in [9.17, 15) is 4.79 Å². The number of allylic oxidation sites excluding steroid dienone is 1. The molecule has 1 nitrogen and oxygen atoms in total. The van der Waals surface area contributed by atoms with Crippen LogP contribution in [0.1, 0.15) is 10.4 Å². The van der Waals surface area contributed by atoms with E-state index in [0.717, 1.165) is 6.08 Å². The Morgan fingerprint density at radius 1 is 1.30 bits per heavy atom. The van der Waals surface area contributed by atoms with Crippen molar-refractivity contribution in [1.82, 2.24) is 0 Å². The van der Waals surface area contributed by atoms with Gasteiger partial charge in [-0.1, -0.05) is 36.9 Å². The second kappa shape index (κ2) is 2.97. The van der Waals surface area contributed by atoms with Crippen LogP contribution in [0.3, 0.4) is 0 Å². The molecular weight excluding hydrogens is 124 g/mol. The van der Waals surface area contributed by atoms with Gasteiger partial charge in [0.1, 0.15) is 0 Å². The van der Waals surface area contributed by atoms with Crippen LogP contribution in [-0.4, -0.2) is 5.78 Å². The third-order valence-corrected chi connectivity index (χ3v) is 1.21. The Balaban J connectivity index is 2.95. The number of rotatable bonds is 2. The van der Waals surface area contributed by atoms with Crippen molar-refractivity contribution in [3.8, 4) is 0 Å². The molecule has 0 heterocycles. The summed E-state index contributed by atoms with van der Waals surface area (Å²) in [6.45, 7) is 5.03. The van der Waals surface area contributed by atoms with Gasteiger partial charge in [-0.25, -0.2) is 0 Å². The number of benzene rings is 1. The topological polar surface area (TPSA) is 17.1 Å². The summed E-state index contributed by atoms with van der Waals surface area (Å²) < 4.78 is 0. The van der Waals surface area contributed by atoms with Gasteiger partial charge in [-0.2, -0.15) is 0 Å². The van der Waals surface area contributed by atoms with Crippen molar-refractivity contribution in [3.05, 3.63) is 48.6 Å². The van der Waals surface area contributed by atoms with Crippen molar-refractivity contribution in [2.45, 2.75) is 0 Å². The predicted molar refractivity (Wildman–Crippen MR) is 39.6 cm³/mol. The van der Waals surface area contributed by atoms with E-state index >= 15 is 0 Å². The van der Waals surface area contributed by atoms with Crippen molar-refractivity contribution < 1.29 is 4.79 Å². The molecule has 1 radical (unpaired) electrons. The standard InChI is InChI=1S/C9H7O/c1-2-9(10)8-6-4-3-5-7-8/h1-7H. The van der Waals surface area contributed by atoms with E-state index in [4.69, 9.17) is 6.58 Å². The van der Waals surface area contributed by atoms with Crippen LogP contribution in [0.25, 0.3) is 0 Å². The molecule has 0 amide bonds. The van der Waals surface area contributed by atoms with Crippen LogP contribution < -0.4 is 0 Å². The molecule has 0 unspecified atom stereocenters. The maximum absolute atomic E-state index is 10.8. The number of carbonyl (C=O) groups excluding carboxylic acids is 1. The lowest BCUT2D eigenvalue weighted by Crippen LogP contribution is -1.91. The normalized spacial score (nSPS) is 8.80. The van der Waals surface area contributed by atoms with Gasteiger partial charge in [0.05, 0.1) is 0 Å². The molecule has 0 aliphatic rings. The molecule has 0 aliphatic heterocycles. The van der Waals surface area contributed by atoms with E-state index in [2.05, 4.69) is 0 Å². The summed E-state index contributed by atoms with van der Waals surface area (Å²) >= 11 is 0. The van der Waals surface area contributed by atoms with Gasteiger partial charge in [0.15, 0.2) is 5.78 Å². The van der Waals surface area contributed by atoms with Crippen LogP contribution in [0.4, 0.5) is 0 Å². The molecule has 1 aromatic rings. The molecule has 0 aromatic heterocycles. The van der Waals surface area contributed by atoms with Crippen LogP contribution in [0.2, 0.25) is 0 Å². The third kappa shape index (κ3) is 1.32. The number of hydrogen-bond donors (Lipinski definition) is 0. The minimum atomic E-state index is -0.138. The summed E-state index contributed by atoms with van der Waals surface area (Å²) in [6.07, 6.45) is 1.06. The third-order valence-electron chi connectivity index (χ3n) is 1.21. The SMILES string of the molecule is [CH]=CC(=O)c1ccccc1. The Kier molecular flexibility index (Phi) is 2.00. The van der Waals surface area contributed by atoms with E-state index in [1.54, 1.807) is 24.3 Å². The summed E-state index contributed by atoms with van der Waals surface area (Å²) in [5.41, 5.74) is 0.630. The van der Waals surface area contributed by atoms with Crippen LogP contribution in [-0.2, 0) is 0 Å². The molecule has 0 atom stereocenters. The molecule has 1 rings (SSSR count). The molecule has 0 bridgehead atoms. The van der Waals surface area contributed by atoms with Crippen LogP contribution in [0.15, 0.2) is 36.4 Å². The molecule has 10 heavy (non-hydrogen) atoms. The Morgan fingerprint density at radius 3 is 2.40 bits per heavy atom. The Labute approximate surface area is 60.0 Å². The molecule has 0 spiro atoms. The second-order valence-corrected chi connectivity index (χ2v) is 1.90. The van der Waals surface area contributed by atoms with Crippen molar-refractivity contribution in [3.63, 3.8) is 0 Å². The fraction of sp³-hybridized carbons (Fsp3) is 0. The quantitative estimate of drug-likeness (QED) is 0.442. The number of carbonyl (C=O) groups is 1. The number of hydrogen-bond acceptors (Lipinski definition) is 1. The summed E-state index contributed by atoms with van der Waals surface area (Å²) in [5, 5.41) is 0. The fourth-order valence-electron chi connectivity index (χ4n) is 0.699. The van der Waals surface area contributed by atoms with Gasteiger partial charge in [0.25, 0.3) is 0 Å². The monoisotopic (exact) mass is 131 g/mol. The van der Waals surface area contributed by atoms with Crippen molar-refractivity contribution >= 4 is 5.78 Å². The Bertz CT molecular complexity index is 236. The van der Waals surface area contributed by atoms with Gasteiger partial charge in [-0.05, 0) is 6.08 Å². The molecule has 1 aromatic carbocycles. The maximum atomic E-state index is 10.8. The summed E-state index contributed by atoms with van der Waals surface area (Å²) in [5.74, 6) is -0.138. The molecule has 0 N–H and O–H groups in total. The molecule has 0 saturated heterocycles. The van der Waals surface area contributed by atoms with E-state index in [1.165, 1.54) is 0 Å². The molecule has 0 aliphatic carbocycles. The lowest BCUT2D eigenvalue weighted by atomic mass is 10.1. The zero-order chi connectivity index (χ0) is 7.40. The highest BCUT2D eigenvalue weighted by atomic mass is 16.1. The van der Waals surface area contributed by atoms with E-state index in [1.807, 2.05) is 6.07 Å². The highest BCUT2D eigenvalue weighted by Crippen LogP contribution is 1.98. The zero-order valence-electron chi connectivity index (χ0n) is 5.45. The Hall–Kier alpha value is -1.37. The van der Waals surface area contributed by atoms with E-state index in [-0.39, 0.29) is 5.78 Å². The second-order valence-electron chi connectivity index (χ2n) is 1.90. The molecule has 0 fully saturated rings. The molecular formula is C9H7O. The smallest absolute Gasteiger partial charge is 0.185 e. The molecule has 0 saturated carbocycles. The first-order chi connectivity index (χ1) is 4.84. The minimum absolute atomic E-state index is 0.138. The average Bonchev–Trinajstić information content (AvgIpc) is 2.05. The first-order valence-corrected chi connectivity index (χ1v) is 2.99. The number of ketones is 1. The van der Waals surface area contributed by atoms with Crippen molar-refractivity contribution in [2.75, 3.05) is 0 Å². The van der Waals surface area contributed by atoms with Gasteiger partial charge in [0.2, 0.25) is 0 Å². The molecule has 1 heteroatoms. The Morgan fingerprint density at radius 2 is 1.90 bits per heavy atom. The van der Waals surface area contributed by atoms with Crippen LogP contribution >= 0.6 is 0 Å². The summed E-state index contributed by atoms with van der Waals surface area (Å²) in [7, 11) is 0. The lowest BCUT2D eigenvalue weighted by Gasteiger charge is -1.90. The highest BCUT2D eigenvalue weighted by Gasteiger charge is 1.95. The average molecular weight is 131 g/mol. The summed E-state index contributed by atoms with van der Waals surface area (Å²) in [6, 6.07) is 8.91. The van der Waals surface area contributed by atoms with Crippen LogP contribution in [0, 0.1) is 6.58 Å². The maximum Gasteiger partial charge on any atom is 0.185 e. The van der Waals surface area contributed by atoms with Crippen LogP contribution in [0.5, 0.6) is 0 Å². The minimum Gasteiger partial charge on any atom is -0.289 e. The van der Waals surface area contributed by atoms with E-state index < -0.39 is 0 Å². The first kappa shape index (κ1) is 6.75. The van der Waals surface area contributed by atoms with Crippen molar-refractivity contribution in [2.24, 2.45) is 0 Å². The van der Waals surface area contributed by atoms with Gasteiger partial charge in [-0.15, -0.1) is 0 Å². The van der Waals surface area contributed by atoms with Gasteiger partial charge in [0, 0.05) is 5.56 Å². The predicted octanol–water partition coefficient (Wildman–Crippen LogP) is 1.86. The lowest BCUT2D eigenvalue weighted by molar-refractivity contribution is 0.104. The van der Waals surface area contributed by atoms with Gasteiger partial charge < -0.3 is 0 Å². The zero-order valence-corrected chi connectivity index (χ0v) is 5.45. The highest BCUT2D eigenvalue weighted by molar-refractivity contribution is 6.03. The first-order valence-electron chi connectivity index (χ1n) is 2.99. The fourth-order valence-corrected chi connectivity index (χ4v) is 0.699. The molecule has 49 valence electrons. The van der Waals surface area contributed by atoms with Gasteiger partial charge >= 0.3 is 0 Å².